The number of aromatic amines is 1. The van der Waals surface area contributed by atoms with E-state index >= 15 is 0 Å². The highest BCUT2D eigenvalue weighted by Crippen LogP contribution is 2.31. The Hall–Kier alpha value is -1.31. The summed E-state index contributed by atoms with van der Waals surface area (Å²) in [6, 6.07) is 5.73. The molecule has 0 radical (unpaired) electrons. The second kappa shape index (κ2) is 5.72. The number of ether oxygens (including phenoxy) is 1. The molecule has 1 aromatic heterocycles. The van der Waals surface area contributed by atoms with E-state index < -0.39 is 0 Å². The molecule has 4 rings (SSSR count). The first-order valence-electron chi connectivity index (χ1n) is 7.35. The van der Waals surface area contributed by atoms with Crippen molar-refractivity contribution in [1.29, 1.82) is 0 Å². The summed E-state index contributed by atoms with van der Waals surface area (Å²) in [5.41, 5.74) is 2.10. The van der Waals surface area contributed by atoms with E-state index in [0.717, 1.165) is 37.4 Å². The summed E-state index contributed by atoms with van der Waals surface area (Å²) in [7, 11) is 0. The number of amides is 1. The fourth-order valence-corrected chi connectivity index (χ4v) is 4.68. The Labute approximate surface area is 137 Å². The molecule has 22 heavy (non-hydrogen) atoms. The number of rotatable bonds is 1. The lowest BCUT2D eigenvalue weighted by Gasteiger charge is -2.43. The standard InChI is InChI=1S/C15H16N2O3S2/c18-14(9-1-2-10-12(7-9)20-15(21)16-10)17-4-6-22-13-8-19-5-3-11(13)17/h1-2,7,11,13H,3-6,8H2,(H,16,21)/t11-,13-/m1/s1. The van der Waals surface area contributed by atoms with Gasteiger partial charge in [0.2, 0.25) is 0 Å². The van der Waals surface area contributed by atoms with Crippen molar-refractivity contribution in [2.75, 3.05) is 25.5 Å². The third kappa shape index (κ3) is 2.47. The zero-order valence-corrected chi connectivity index (χ0v) is 13.5. The summed E-state index contributed by atoms with van der Waals surface area (Å²) in [5, 5.41) is 0.395. The molecule has 116 valence electrons. The van der Waals surface area contributed by atoms with Crippen molar-refractivity contribution < 1.29 is 13.9 Å². The summed E-state index contributed by atoms with van der Waals surface area (Å²) in [6.45, 7) is 2.26. The normalized spacial score (nSPS) is 25.2. The molecule has 0 spiro atoms. The van der Waals surface area contributed by atoms with E-state index in [1.807, 2.05) is 28.8 Å². The molecule has 0 bridgehead atoms. The van der Waals surface area contributed by atoms with Crippen molar-refractivity contribution in [3.63, 3.8) is 0 Å². The molecule has 1 aromatic carbocycles. The van der Waals surface area contributed by atoms with Gasteiger partial charge in [0.1, 0.15) is 0 Å². The molecule has 2 aliphatic heterocycles. The Morgan fingerprint density at radius 3 is 3.27 bits per heavy atom. The predicted octanol–water partition coefficient (Wildman–Crippen LogP) is 2.84. The van der Waals surface area contributed by atoms with Crippen molar-refractivity contribution in [3.8, 4) is 0 Å². The van der Waals surface area contributed by atoms with Gasteiger partial charge in [0.05, 0.1) is 12.1 Å². The molecule has 0 aliphatic carbocycles. The molecule has 2 atom stereocenters. The maximum Gasteiger partial charge on any atom is 0.266 e. The zero-order chi connectivity index (χ0) is 15.1. The van der Waals surface area contributed by atoms with Gasteiger partial charge in [-0.3, -0.25) is 4.79 Å². The van der Waals surface area contributed by atoms with Crippen LogP contribution in [-0.4, -0.2) is 52.6 Å². The van der Waals surface area contributed by atoms with Gasteiger partial charge in [0.25, 0.3) is 10.7 Å². The van der Waals surface area contributed by atoms with Crippen molar-refractivity contribution in [1.82, 2.24) is 9.88 Å². The average molecular weight is 336 g/mol. The molecule has 2 saturated heterocycles. The molecular weight excluding hydrogens is 320 g/mol. The minimum atomic E-state index is 0.0708. The molecule has 5 nitrogen and oxygen atoms in total. The Morgan fingerprint density at radius 1 is 1.45 bits per heavy atom. The van der Waals surface area contributed by atoms with E-state index in [1.165, 1.54) is 0 Å². The molecule has 2 aliphatic rings. The summed E-state index contributed by atoms with van der Waals surface area (Å²) in [5.74, 6) is 1.03. The SMILES string of the molecule is O=C(c1ccc2[nH]c(=S)oc2c1)N1CCS[C@@H]2COCC[C@H]21. The number of benzene rings is 1. The topological polar surface area (TPSA) is 58.5 Å². The predicted molar refractivity (Wildman–Crippen MR) is 87.9 cm³/mol. The number of H-pyrrole nitrogens is 1. The van der Waals surface area contributed by atoms with Crippen LogP contribution in [0.15, 0.2) is 22.6 Å². The maximum absolute atomic E-state index is 12.9. The summed E-state index contributed by atoms with van der Waals surface area (Å²) < 4.78 is 11.0. The highest BCUT2D eigenvalue weighted by atomic mass is 32.2. The van der Waals surface area contributed by atoms with Crippen LogP contribution in [0.4, 0.5) is 0 Å². The van der Waals surface area contributed by atoms with Crippen molar-refractivity contribution in [2.24, 2.45) is 0 Å². The third-order valence-corrected chi connectivity index (χ3v) is 5.74. The number of fused-ring (bicyclic) bond motifs is 2. The van der Waals surface area contributed by atoms with Gasteiger partial charge >= 0.3 is 0 Å². The first-order chi connectivity index (χ1) is 10.7. The second-order valence-electron chi connectivity index (χ2n) is 5.56. The van der Waals surface area contributed by atoms with Crippen LogP contribution in [0.2, 0.25) is 0 Å². The summed E-state index contributed by atoms with van der Waals surface area (Å²) >= 11 is 6.90. The van der Waals surface area contributed by atoms with E-state index in [0.29, 0.717) is 21.2 Å². The zero-order valence-electron chi connectivity index (χ0n) is 11.9. The number of aromatic nitrogens is 1. The van der Waals surface area contributed by atoms with Gasteiger partial charge in [-0.1, -0.05) is 0 Å². The van der Waals surface area contributed by atoms with Crippen LogP contribution in [-0.2, 0) is 4.74 Å². The molecule has 0 unspecified atom stereocenters. The Kier molecular flexibility index (Phi) is 3.71. The fraction of sp³-hybridized carbons (Fsp3) is 0.467. The highest BCUT2D eigenvalue weighted by molar-refractivity contribution is 8.00. The van der Waals surface area contributed by atoms with Crippen LogP contribution >= 0.6 is 24.0 Å². The lowest BCUT2D eigenvalue weighted by Crippen LogP contribution is -2.54. The summed E-state index contributed by atoms with van der Waals surface area (Å²) in [6.07, 6.45) is 0.913. The van der Waals surface area contributed by atoms with E-state index in [-0.39, 0.29) is 11.9 Å². The number of carbonyl (C=O) groups excluding carboxylic acids is 1. The third-order valence-electron chi connectivity index (χ3n) is 4.26. The largest absolute Gasteiger partial charge is 0.429 e. The first kappa shape index (κ1) is 14.3. The molecule has 3 heterocycles. The van der Waals surface area contributed by atoms with Crippen LogP contribution in [0.1, 0.15) is 16.8 Å². The Morgan fingerprint density at radius 2 is 2.36 bits per heavy atom. The van der Waals surface area contributed by atoms with Gasteiger partial charge in [0, 0.05) is 35.8 Å². The van der Waals surface area contributed by atoms with Crippen LogP contribution in [0.5, 0.6) is 0 Å². The molecule has 1 amide bonds. The quantitative estimate of drug-likeness (QED) is 0.812. The molecule has 7 heteroatoms. The van der Waals surface area contributed by atoms with Gasteiger partial charge in [0.15, 0.2) is 5.58 Å². The smallest absolute Gasteiger partial charge is 0.266 e. The maximum atomic E-state index is 12.9. The Balaban J connectivity index is 1.64. The van der Waals surface area contributed by atoms with Crippen molar-refractivity contribution in [2.45, 2.75) is 17.7 Å². The molecular formula is C15H16N2O3S2. The van der Waals surface area contributed by atoms with Gasteiger partial charge < -0.3 is 19.0 Å². The highest BCUT2D eigenvalue weighted by Gasteiger charge is 2.37. The number of nitrogens with one attached hydrogen (secondary N) is 1. The number of carbonyl (C=O) groups is 1. The minimum absolute atomic E-state index is 0.0708. The van der Waals surface area contributed by atoms with E-state index in [9.17, 15) is 4.79 Å². The van der Waals surface area contributed by atoms with Crippen molar-refractivity contribution >= 4 is 41.0 Å². The number of thioether (sulfide) groups is 1. The number of hydrogen-bond acceptors (Lipinski definition) is 5. The lowest BCUT2D eigenvalue weighted by atomic mass is 10.0. The van der Waals surface area contributed by atoms with Crippen LogP contribution < -0.4 is 0 Å². The van der Waals surface area contributed by atoms with E-state index in [2.05, 4.69) is 4.98 Å². The van der Waals surface area contributed by atoms with Gasteiger partial charge in [-0.15, -0.1) is 0 Å². The van der Waals surface area contributed by atoms with Gasteiger partial charge in [-0.2, -0.15) is 11.8 Å². The monoisotopic (exact) mass is 336 g/mol. The lowest BCUT2D eigenvalue weighted by molar-refractivity contribution is 0.0319. The second-order valence-corrected chi connectivity index (χ2v) is 7.28. The summed E-state index contributed by atoms with van der Waals surface area (Å²) in [4.78, 5) is 18.2. The molecule has 2 aromatic rings. The van der Waals surface area contributed by atoms with E-state index in [1.54, 1.807) is 6.07 Å². The first-order valence-corrected chi connectivity index (χ1v) is 8.81. The molecule has 1 N–H and O–H groups in total. The molecule has 2 fully saturated rings. The van der Waals surface area contributed by atoms with Crippen LogP contribution in [0, 0.1) is 4.84 Å². The number of hydrogen-bond donors (Lipinski definition) is 1. The average Bonchev–Trinajstić information content (AvgIpc) is 2.92. The Bertz CT molecular complexity index is 767. The van der Waals surface area contributed by atoms with Crippen molar-refractivity contribution in [3.05, 3.63) is 28.6 Å². The van der Waals surface area contributed by atoms with Gasteiger partial charge in [-0.05, 0) is 36.8 Å². The number of nitrogens with zero attached hydrogens (tertiary/aromatic N) is 1. The van der Waals surface area contributed by atoms with Crippen LogP contribution in [0.3, 0.4) is 0 Å². The fourth-order valence-electron chi connectivity index (χ4n) is 3.18. The van der Waals surface area contributed by atoms with Crippen LogP contribution in [0.25, 0.3) is 11.1 Å². The molecule has 0 saturated carbocycles. The number of oxazole rings is 1. The van der Waals surface area contributed by atoms with Gasteiger partial charge in [-0.25, -0.2) is 0 Å². The minimum Gasteiger partial charge on any atom is -0.429 e. The van der Waals surface area contributed by atoms with E-state index in [4.69, 9.17) is 21.4 Å².